The summed E-state index contributed by atoms with van der Waals surface area (Å²) in [6, 6.07) is 7.38. The lowest BCUT2D eigenvalue weighted by atomic mass is 9.92. The van der Waals surface area contributed by atoms with Gasteiger partial charge in [0.1, 0.15) is 0 Å². The van der Waals surface area contributed by atoms with Crippen LogP contribution in [0.2, 0.25) is 0 Å². The number of hydrogen-bond acceptors (Lipinski definition) is 3. The number of amides is 1. The second-order valence-electron chi connectivity index (χ2n) is 5.17. The van der Waals surface area contributed by atoms with Crippen LogP contribution in [0.25, 0.3) is 0 Å². The number of benzene rings is 1. The molecule has 1 fully saturated rings. The van der Waals surface area contributed by atoms with E-state index in [1.54, 1.807) is 0 Å². The fraction of sp³-hybridized carbons (Fsp3) is 0.533. The lowest BCUT2D eigenvalue weighted by molar-refractivity contribution is 0.0717. The van der Waals surface area contributed by atoms with Gasteiger partial charge in [0.2, 0.25) is 0 Å². The summed E-state index contributed by atoms with van der Waals surface area (Å²) in [6.45, 7) is 0.611. The summed E-state index contributed by atoms with van der Waals surface area (Å²) >= 11 is 0. The minimum Gasteiger partial charge on any atom is -0.391 e. The highest BCUT2D eigenvalue weighted by molar-refractivity contribution is 5.94. The maximum Gasteiger partial charge on any atom is 0.251 e. The molecule has 1 saturated carbocycles. The fourth-order valence-corrected chi connectivity index (χ4v) is 2.52. The van der Waals surface area contributed by atoms with Crippen LogP contribution in [0.4, 0.5) is 0 Å². The van der Waals surface area contributed by atoms with Gasteiger partial charge in [-0.25, -0.2) is 0 Å². The highest BCUT2D eigenvalue weighted by atomic mass is 16.3. The molecule has 19 heavy (non-hydrogen) atoms. The Morgan fingerprint density at radius 1 is 1.26 bits per heavy atom. The number of carbonyl (C=O) groups excluding carboxylic acids is 1. The van der Waals surface area contributed by atoms with E-state index in [1.807, 2.05) is 24.3 Å². The predicted octanol–water partition coefficient (Wildman–Crippen LogP) is 1.22. The van der Waals surface area contributed by atoms with Crippen LogP contribution < -0.4 is 11.1 Å². The summed E-state index contributed by atoms with van der Waals surface area (Å²) in [5, 5.41) is 12.8. The van der Waals surface area contributed by atoms with Gasteiger partial charge in [0.15, 0.2) is 0 Å². The summed E-state index contributed by atoms with van der Waals surface area (Å²) < 4.78 is 0. The van der Waals surface area contributed by atoms with Crippen molar-refractivity contribution in [2.75, 3.05) is 6.54 Å². The third-order valence-electron chi connectivity index (χ3n) is 3.70. The first-order valence-electron chi connectivity index (χ1n) is 6.98. The van der Waals surface area contributed by atoms with E-state index in [0.717, 1.165) is 37.7 Å². The molecule has 0 heterocycles. The zero-order chi connectivity index (χ0) is 13.7. The van der Waals surface area contributed by atoms with Crippen LogP contribution in [0.15, 0.2) is 24.3 Å². The van der Waals surface area contributed by atoms with E-state index < -0.39 is 6.10 Å². The molecule has 1 amide bonds. The number of aliphatic hydroxyl groups is 1. The molecule has 1 aromatic rings. The van der Waals surface area contributed by atoms with Crippen molar-refractivity contribution in [3.8, 4) is 0 Å². The van der Waals surface area contributed by atoms with Crippen molar-refractivity contribution in [2.24, 2.45) is 5.73 Å². The average molecular weight is 262 g/mol. The molecule has 4 nitrogen and oxygen atoms in total. The van der Waals surface area contributed by atoms with Crippen molar-refractivity contribution < 1.29 is 9.90 Å². The summed E-state index contributed by atoms with van der Waals surface area (Å²) in [4.78, 5) is 12.1. The molecule has 0 spiro atoms. The van der Waals surface area contributed by atoms with Crippen molar-refractivity contribution >= 4 is 5.91 Å². The van der Waals surface area contributed by atoms with Crippen LogP contribution in [-0.4, -0.2) is 29.7 Å². The van der Waals surface area contributed by atoms with Crippen molar-refractivity contribution in [3.05, 3.63) is 35.4 Å². The summed E-state index contributed by atoms with van der Waals surface area (Å²) in [6.07, 6.45) is 4.16. The lowest BCUT2D eigenvalue weighted by Gasteiger charge is -2.28. The molecule has 0 aromatic heterocycles. The van der Waals surface area contributed by atoms with Crippen molar-refractivity contribution in [2.45, 2.75) is 44.2 Å². The van der Waals surface area contributed by atoms with Gasteiger partial charge < -0.3 is 16.2 Å². The Morgan fingerprint density at radius 3 is 2.58 bits per heavy atom. The third kappa shape index (κ3) is 3.78. The van der Waals surface area contributed by atoms with Crippen LogP contribution in [-0.2, 0) is 6.42 Å². The topological polar surface area (TPSA) is 75.4 Å². The van der Waals surface area contributed by atoms with Gasteiger partial charge in [0.25, 0.3) is 5.91 Å². The van der Waals surface area contributed by atoms with E-state index in [-0.39, 0.29) is 11.9 Å². The molecule has 2 rings (SSSR count). The zero-order valence-corrected chi connectivity index (χ0v) is 11.1. The minimum atomic E-state index is -0.408. The number of nitrogens with one attached hydrogen (secondary N) is 1. The first-order chi connectivity index (χ1) is 9.20. The Kier molecular flexibility index (Phi) is 4.93. The number of carbonyl (C=O) groups is 1. The molecule has 1 aromatic carbocycles. The maximum atomic E-state index is 12.1. The minimum absolute atomic E-state index is 0.106. The molecule has 2 atom stereocenters. The summed E-state index contributed by atoms with van der Waals surface area (Å²) in [5.74, 6) is -0.106. The number of hydrogen-bond donors (Lipinski definition) is 3. The van der Waals surface area contributed by atoms with Crippen LogP contribution in [0.1, 0.15) is 41.6 Å². The Morgan fingerprint density at radius 2 is 1.95 bits per heavy atom. The average Bonchev–Trinajstić information content (AvgIpc) is 2.42. The largest absolute Gasteiger partial charge is 0.391 e. The van der Waals surface area contributed by atoms with Crippen LogP contribution in [0.3, 0.4) is 0 Å². The SMILES string of the molecule is NCCc1ccc(C(=O)N[C@H]2CCCC[C@@H]2O)cc1. The molecule has 1 aliphatic rings. The molecule has 0 aliphatic heterocycles. The molecule has 4 N–H and O–H groups in total. The van der Waals surface area contributed by atoms with Gasteiger partial charge in [-0.3, -0.25) is 4.79 Å². The van der Waals surface area contributed by atoms with E-state index in [9.17, 15) is 9.90 Å². The normalized spacial score (nSPS) is 23.1. The van der Waals surface area contributed by atoms with E-state index in [4.69, 9.17) is 5.73 Å². The smallest absolute Gasteiger partial charge is 0.251 e. The standard InChI is InChI=1S/C15H22N2O2/c16-10-9-11-5-7-12(8-6-11)15(19)17-13-3-1-2-4-14(13)18/h5-8,13-14,18H,1-4,9-10,16H2,(H,17,19)/t13-,14-/m0/s1. The highest BCUT2D eigenvalue weighted by Crippen LogP contribution is 2.18. The van der Waals surface area contributed by atoms with Gasteiger partial charge in [-0.05, 0) is 43.5 Å². The second-order valence-corrected chi connectivity index (χ2v) is 5.17. The Labute approximate surface area is 114 Å². The molecule has 0 unspecified atom stereocenters. The van der Waals surface area contributed by atoms with Gasteiger partial charge in [0.05, 0.1) is 12.1 Å². The molecular formula is C15H22N2O2. The number of rotatable bonds is 4. The summed E-state index contributed by atoms with van der Waals surface area (Å²) in [7, 11) is 0. The molecule has 4 heteroatoms. The predicted molar refractivity (Wildman–Crippen MR) is 74.9 cm³/mol. The van der Waals surface area contributed by atoms with Crippen LogP contribution in [0, 0.1) is 0 Å². The second kappa shape index (κ2) is 6.68. The van der Waals surface area contributed by atoms with E-state index in [2.05, 4.69) is 5.32 Å². The molecule has 0 bridgehead atoms. The van der Waals surface area contributed by atoms with Gasteiger partial charge in [-0.15, -0.1) is 0 Å². The fourth-order valence-electron chi connectivity index (χ4n) is 2.52. The number of aliphatic hydroxyl groups excluding tert-OH is 1. The monoisotopic (exact) mass is 262 g/mol. The van der Waals surface area contributed by atoms with Gasteiger partial charge in [0, 0.05) is 5.56 Å². The summed E-state index contributed by atoms with van der Waals surface area (Å²) in [5.41, 5.74) is 7.26. The van der Waals surface area contributed by atoms with Crippen LogP contribution in [0.5, 0.6) is 0 Å². The maximum absolute atomic E-state index is 12.1. The lowest BCUT2D eigenvalue weighted by Crippen LogP contribution is -2.45. The highest BCUT2D eigenvalue weighted by Gasteiger charge is 2.24. The van der Waals surface area contributed by atoms with Crippen molar-refractivity contribution in [1.29, 1.82) is 0 Å². The van der Waals surface area contributed by atoms with E-state index >= 15 is 0 Å². The van der Waals surface area contributed by atoms with Crippen molar-refractivity contribution in [1.82, 2.24) is 5.32 Å². The molecule has 0 radical (unpaired) electrons. The van der Waals surface area contributed by atoms with Gasteiger partial charge >= 0.3 is 0 Å². The quantitative estimate of drug-likeness (QED) is 0.763. The molecule has 104 valence electrons. The Hall–Kier alpha value is -1.39. The van der Waals surface area contributed by atoms with E-state index in [0.29, 0.717) is 12.1 Å². The Bertz CT molecular complexity index is 417. The first kappa shape index (κ1) is 14.0. The third-order valence-corrected chi connectivity index (χ3v) is 3.70. The first-order valence-corrected chi connectivity index (χ1v) is 6.98. The number of nitrogens with two attached hydrogens (primary N) is 1. The zero-order valence-electron chi connectivity index (χ0n) is 11.1. The van der Waals surface area contributed by atoms with Crippen molar-refractivity contribution in [3.63, 3.8) is 0 Å². The van der Waals surface area contributed by atoms with Crippen LogP contribution >= 0.6 is 0 Å². The molecule has 0 saturated heterocycles. The molecule has 1 aliphatic carbocycles. The van der Waals surface area contributed by atoms with Gasteiger partial charge in [-0.2, -0.15) is 0 Å². The Balaban J connectivity index is 1.95. The molecular weight excluding hydrogens is 240 g/mol. The van der Waals surface area contributed by atoms with E-state index in [1.165, 1.54) is 0 Å². The van der Waals surface area contributed by atoms with Gasteiger partial charge in [-0.1, -0.05) is 25.0 Å².